The van der Waals surface area contributed by atoms with Crippen LogP contribution in [0.1, 0.15) is 23.0 Å². The maximum absolute atomic E-state index is 13.7. The zero-order valence-corrected chi connectivity index (χ0v) is 20.6. The summed E-state index contributed by atoms with van der Waals surface area (Å²) in [5.41, 5.74) is 1.76. The van der Waals surface area contributed by atoms with E-state index in [2.05, 4.69) is 25.4 Å². The van der Waals surface area contributed by atoms with E-state index < -0.39 is 48.7 Å². The second-order valence-electron chi connectivity index (χ2n) is 8.91. The van der Waals surface area contributed by atoms with Crippen molar-refractivity contribution in [2.75, 3.05) is 6.61 Å². The van der Waals surface area contributed by atoms with Crippen LogP contribution in [0.15, 0.2) is 48.9 Å². The average molecular weight is 542 g/mol. The Hall–Kier alpha value is -3.69. The summed E-state index contributed by atoms with van der Waals surface area (Å²) >= 11 is 1.52. The lowest BCUT2D eigenvalue weighted by Crippen LogP contribution is -2.53. The number of aryl methyl sites for hydroxylation is 1. The molecular weight excluding hydrogens is 520 g/mol. The van der Waals surface area contributed by atoms with E-state index in [4.69, 9.17) is 4.74 Å². The highest BCUT2D eigenvalue weighted by molar-refractivity contribution is 7.18. The number of rotatable bonds is 5. The molecule has 3 aromatic heterocycles. The fraction of sp³-hybridized carbons (Fsp3) is 0.292. The summed E-state index contributed by atoms with van der Waals surface area (Å²) in [5.74, 6) is -1.33. The Kier molecular flexibility index (Phi) is 6.20. The molecule has 196 valence electrons. The minimum absolute atomic E-state index is 0.128. The van der Waals surface area contributed by atoms with Crippen LogP contribution in [0, 0.1) is 18.6 Å². The number of aliphatic hydroxyl groups excluding tert-OH is 3. The van der Waals surface area contributed by atoms with E-state index in [0.29, 0.717) is 5.69 Å². The van der Waals surface area contributed by atoms with Gasteiger partial charge in [-0.2, -0.15) is 5.10 Å². The number of nitrogens with zero attached hydrogens (tertiary/aromatic N) is 7. The van der Waals surface area contributed by atoms with Crippen molar-refractivity contribution < 1.29 is 28.8 Å². The molecule has 0 saturated carbocycles. The van der Waals surface area contributed by atoms with Crippen LogP contribution < -0.4 is 0 Å². The van der Waals surface area contributed by atoms with Gasteiger partial charge in [-0.1, -0.05) is 5.21 Å². The van der Waals surface area contributed by atoms with Gasteiger partial charge in [-0.25, -0.2) is 28.1 Å². The van der Waals surface area contributed by atoms with Gasteiger partial charge in [0.15, 0.2) is 5.82 Å². The van der Waals surface area contributed by atoms with Gasteiger partial charge in [0.2, 0.25) is 0 Å². The predicted molar refractivity (Wildman–Crippen MR) is 130 cm³/mol. The maximum atomic E-state index is 13.7. The minimum Gasteiger partial charge on any atom is -0.394 e. The molecular formula is C24H21F2N7O4S. The number of benzene rings is 2. The summed E-state index contributed by atoms with van der Waals surface area (Å²) in [5, 5.41) is 45.4. The van der Waals surface area contributed by atoms with Gasteiger partial charge < -0.3 is 20.1 Å². The van der Waals surface area contributed by atoms with E-state index in [1.54, 1.807) is 0 Å². The summed E-state index contributed by atoms with van der Waals surface area (Å²) in [4.78, 5) is 8.77. The first-order chi connectivity index (χ1) is 18.3. The van der Waals surface area contributed by atoms with Crippen molar-refractivity contribution in [1.82, 2.24) is 34.7 Å². The molecule has 1 saturated heterocycles. The SMILES string of the molecule is Cc1nc2ccc(-n3ncnc3[C@@H]3O[C@H](CO)[C@H](O)[C@H](n4cc(-c5cc(F)cc(F)c5)nn4)[C@H]3O)cc2s1. The minimum atomic E-state index is -1.41. The molecule has 0 radical (unpaired) electrons. The fourth-order valence-corrected chi connectivity index (χ4v) is 5.55. The summed E-state index contributed by atoms with van der Waals surface area (Å²) in [6.07, 6.45) is -2.37. The molecule has 11 nitrogen and oxygen atoms in total. The van der Waals surface area contributed by atoms with Gasteiger partial charge in [-0.15, -0.1) is 16.4 Å². The first-order valence-corrected chi connectivity index (χ1v) is 12.4. The number of hydrogen-bond donors (Lipinski definition) is 3. The molecule has 1 aliphatic heterocycles. The van der Waals surface area contributed by atoms with Gasteiger partial charge >= 0.3 is 0 Å². The Bertz CT molecular complexity index is 1600. The van der Waals surface area contributed by atoms with E-state index in [-0.39, 0.29) is 17.1 Å². The maximum Gasteiger partial charge on any atom is 0.163 e. The molecule has 5 atom stereocenters. The third-order valence-electron chi connectivity index (χ3n) is 6.42. The highest BCUT2D eigenvalue weighted by atomic mass is 32.1. The first kappa shape index (κ1) is 24.6. The van der Waals surface area contributed by atoms with Crippen LogP contribution in [-0.2, 0) is 4.74 Å². The van der Waals surface area contributed by atoms with Crippen molar-refractivity contribution in [2.45, 2.75) is 37.4 Å². The quantitative estimate of drug-likeness (QED) is 0.305. The van der Waals surface area contributed by atoms with E-state index in [0.717, 1.165) is 33.4 Å². The largest absolute Gasteiger partial charge is 0.394 e. The number of ether oxygens (including phenoxy) is 1. The lowest BCUT2D eigenvalue weighted by molar-refractivity contribution is -0.210. The molecule has 0 bridgehead atoms. The van der Waals surface area contributed by atoms with Crippen LogP contribution in [-0.4, -0.2) is 75.0 Å². The third-order valence-corrected chi connectivity index (χ3v) is 7.35. The van der Waals surface area contributed by atoms with Crippen LogP contribution in [0.3, 0.4) is 0 Å². The van der Waals surface area contributed by atoms with Crippen LogP contribution in [0.25, 0.3) is 27.2 Å². The second kappa shape index (κ2) is 9.56. The Morgan fingerprint density at radius 1 is 1.08 bits per heavy atom. The van der Waals surface area contributed by atoms with Crippen LogP contribution in [0.4, 0.5) is 8.78 Å². The highest BCUT2D eigenvalue weighted by Crippen LogP contribution is 2.38. The normalized spacial score (nSPS) is 23.8. The van der Waals surface area contributed by atoms with Gasteiger partial charge in [0, 0.05) is 11.6 Å². The zero-order valence-electron chi connectivity index (χ0n) is 19.8. The Morgan fingerprint density at radius 3 is 2.63 bits per heavy atom. The smallest absolute Gasteiger partial charge is 0.163 e. The average Bonchev–Trinajstić information content (AvgIpc) is 3.62. The van der Waals surface area contributed by atoms with Gasteiger partial charge in [0.25, 0.3) is 0 Å². The van der Waals surface area contributed by atoms with Crippen molar-refractivity contribution in [3.8, 4) is 16.9 Å². The monoisotopic (exact) mass is 541 g/mol. The van der Waals surface area contributed by atoms with E-state index in [9.17, 15) is 24.1 Å². The van der Waals surface area contributed by atoms with Gasteiger partial charge in [0.1, 0.15) is 54.1 Å². The third kappa shape index (κ3) is 4.25. The van der Waals surface area contributed by atoms with Crippen molar-refractivity contribution in [3.05, 3.63) is 71.4 Å². The topological polar surface area (TPSA) is 144 Å². The number of thiazole rings is 1. The molecule has 2 aromatic carbocycles. The molecule has 6 rings (SSSR count). The van der Waals surface area contributed by atoms with Crippen molar-refractivity contribution in [2.24, 2.45) is 0 Å². The lowest BCUT2D eigenvalue weighted by atomic mass is 9.92. The number of aromatic nitrogens is 7. The van der Waals surface area contributed by atoms with Crippen molar-refractivity contribution in [3.63, 3.8) is 0 Å². The summed E-state index contributed by atoms with van der Waals surface area (Å²) < 4.78 is 37.0. The zero-order chi connectivity index (χ0) is 26.6. The van der Waals surface area contributed by atoms with Crippen LogP contribution in [0.2, 0.25) is 0 Å². The van der Waals surface area contributed by atoms with E-state index >= 15 is 0 Å². The molecule has 1 fully saturated rings. The molecule has 0 amide bonds. The Labute approximate surface area is 217 Å². The number of fused-ring (bicyclic) bond motifs is 1. The lowest BCUT2D eigenvalue weighted by Gasteiger charge is -2.41. The molecule has 14 heteroatoms. The molecule has 4 heterocycles. The Balaban J connectivity index is 1.37. The molecule has 3 N–H and O–H groups in total. The molecule has 1 aliphatic rings. The Morgan fingerprint density at radius 2 is 1.87 bits per heavy atom. The first-order valence-electron chi connectivity index (χ1n) is 11.6. The highest BCUT2D eigenvalue weighted by Gasteiger charge is 2.48. The van der Waals surface area contributed by atoms with Crippen molar-refractivity contribution in [1.29, 1.82) is 0 Å². The number of aliphatic hydroxyl groups is 3. The van der Waals surface area contributed by atoms with Crippen molar-refractivity contribution >= 4 is 21.6 Å². The summed E-state index contributed by atoms with van der Waals surface area (Å²) in [6, 6.07) is 7.35. The van der Waals surface area contributed by atoms with Crippen LogP contribution >= 0.6 is 11.3 Å². The molecule has 0 spiro atoms. The summed E-state index contributed by atoms with van der Waals surface area (Å²) in [6.45, 7) is 1.36. The van der Waals surface area contributed by atoms with Gasteiger partial charge in [-0.3, -0.25) is 0 Å². The molecule has 38 heavy (non-hydrogen) atoms. The van der Waals surface area contributed by atoms with Gasteiger partial charge in [0.05, 0.1) is 33.7 Å². The predicted octanol–water partition coefficient (Wildman–Crippen LogP) is 2.12. The van der Waals surface area contributed by atoms with Gasteiger partial charge in [-0.05, 0) is 37.3 Å². The molecule has 0 aliphatic carbocycles. The van der Waals surface area contributed by atoms with E-state index in [1.165, 1.54) is 33.2 Å². The van der Waals surface area contributed by atoms with Crippen LogP contribution in [0.5, 0.6) is 0 Å². The van der Waals surface area contributed by atoms with E-state index in [1.807, 2.05) is 25.1 Å². The molecule has 0 unspecified atom stereocenters. The fourth-order valence-electron chi connectivity index (χ4n) is 4.69. The number of hydrogen-bond acceptors (Lipinski definition) is 10. The summed E-state index contributed by atoms with van der Waals surface area (Å²) in [7, 11) is 0. The standard InChI is InChI=1S/C24H21F2N7O4S/c1-11-29-16-3-2-15(7-19(16)38-11)33-24(27-10-28-33)23-22(36)20(21(35)18(9-34)37-23)32-8-17(30-31-32)12-4-13(25)6-14(26)5-12/h2-8,10,18,20-23,34-36H,9H2,1H3/t18-,20+,21+,22-,23-/m1/s1. The molecule has 5 aromatic rings. The second-order valence-corrected chi connectivity index (χ2v) is 10.1. The number of halogens is 2.